The molecule has 0 aromatic carbocycles. The number of carboxylic acids is 1. The highest BCUT2D eigenvalue weighted by molar-refractivity contribution is 7.84. The number of hydrogen-bond donors (Lipinski definition) is 2. The molecule has 0 heterocycles. The van der Waals surface area contributed by atoms with E-state index in [4.69, 9.17) is 0 Å². The van der Waals surface area contributed by atoms with Crippen LogP contribution in [0.5, 0.6) is 0 Å². The molecule has 0 radical (unpaired) electrons. The van der Waals surface area contributed by atoms with Crippen LogP contribution in [0.25, 0.3) is 0 Å². The molecule has 2 N–H and O–H groups in total. The molecule has 5 rings (SSSR count). The standard InChI is InChI=1S/C22H36O4S/c1-20-8-4-9-21(2,19(24)25)16(20)6-11-22-10-5-14(13-17(20)22)15(18(22)23)7-12-27(3)26/h14-18,23H,4-13H2,1-3H3,(H,24,25)/t14-,15-,16-,17-,18+,20+,21+,22-,27?/m0/s1. The monoisotopic (exact) mass is 396 g/mol. The van der Waals surface area contributed by atoms with E-state index in [1.54, 1.807) is 6.26 Å². The van der Waals surface area contributed by atoms with Crippen LogP contribution in [0.4, 0.5) is 0 Å². The smallest absolute Gasteiger partial charge is 0.309 e. The summed E-state index contributed by atoms with van der Waals surface area (Å²) < 4.78 is 11.6. The van der Waals surface area contributed by atoms with Gasteiger partial charge in [0.25, 0.3) is 0 Å². The lowest BCUT2D eigenvalue weighted by molar-refractivity contribution is -0.244. The molecule has 5 saturated carbocycles. The molecule has 5 aliphatic carbocycles. The van der Waals surface area contributed by atoms with Crippen molar-refractivity contribution in [2.45, 2.75) is 77.7 Å². The van der Waals surface area contributed by atoms with Gasteiger partial charge in [-0.05, 0) is 92.8 Å². The Morgan fingerprint density at radius 3 is 2.48 bits per heavy atom. The van der Waals surface area contributed by atoms with Crippen LogP contribution in [0.2, 0.25) is 0 Å². The third-order valence-electron chi connectivity index (χ3n) is 9.71. The van der Waals surface area contributed by atoms with Gasteiger partial charge in [-0.15, -0.1) is 0 Å². The third kappa shape index (κ3) is 2.70. The van der Waals surface area contributed by atoms with Gasteiger partial charge in [0.2, 0.25) is 0 Å². The minimum Gasteiger partial charge on any atom is -0.481 e. The molecule has 0 saturated heterocycles. The fraction of sp³-hybridized carbons (Fsp3) is 0.955. The van der Waals surface area contributed by atoms with E-state index in [1.165, 1.54) is 6.42 Å². The Morgan fingerprint density at radius 2 is 1.81 bits per heavy atom. The summed E-state index contributed by atoms with van der Waals surface area (Å²) in [5.41, 5.74) is -0.618. The first-order valence-corrected chi connectivity index (χ1v) is 12.6. The number of carboxylic acid groups (broad SMARTS) is 1. The average molecular weight is 397 g/mol. The van der Waals surface area contributed by atoms with Crippen molar-refractivity contribution in [3.63, 3.8) is 0 Å². The van der Waals surface area contributed by atoms with Gasteiger partial charge in [0.1, 0.15) is 0 Å². The Balaban J connectivity index is 1.66. The molecule has 154 valence electrons. The van der Waals surface area contributed by atoms with Crippen molar-refractivity contribution in [3.05, 3.63) is 0 Å². The molecule has 0 aliphatic heterocycles. The Hall–Kier alpha value is -0.420. The van der Waals surface area contributed by atoms with Gasteiger partial charge in [0.05, 0.1) is 11.5 Å². The highest BCUT2D eigenvalue weighted by Crippen LogP contribution is 2.72. The molecular formula is C22H36O4S. The maximum Gasteiger partial charge on any atom is 0.309 e. The second kappa shape index (κ2) is 6.55. The van der Waals surface area contributed by atoms with E-state index < -0.39 is 22.2 Å². The molecule has 5 fully saturated rings. The summed E-state index contributed by atoms with van der Waals surface area (Å²) in [7, 11) is -0.803. The maximum absolute atomic E-state index is 12.2. The summed E-state index contributed by atoms with van der Waals surface area (Å²) in [4.78, 5) is 12.2. The van der Waals surface area contributed by atoms with Crippen LogP contribution in [0.3, 0.4) is 0 Å². The first kappa shape index (κ1) is 19.9. The van der Waals surface area contributed by atoms with Crippen LogP contribution < -0.4 is 0 Å². The molecule has 1 spiro atoms. The molecule has 5 heteroatoms. The molecular weight excluding hydrogens is 360 g/mol. The van der Waals surface area contributed by atoms with Crippen LogP contribution in [0, 0.1) is 39.9 Å². The molecule has 0 amide bonds. The zero-order chi connectivity index (χ0) is 19.6. The van der Waals surface area contributed by atoms with Crippen molar-refractivity contribution in [3.8, 4) is 0 Å². The van der Waals surface area contributed by atoms with Crippen LogP contribution in [0.1, 0.15) is 71.6 Å². The molecule has 4 nitrogen and oxygen atoms in total. The van der Waals surface area contributed by atoms with Crippen LogP contribution >= 0.6 is 0 Å². The summed E-state index contributed by atoms with van der Waals surface area (Å²) in [5, 5.41) is 21.5. The van der Waals surface area contributed by atoms with Gasteiger partial charge >= 0.3 is 5.97 Å². The van der Waals surface area contributed by atoms with E-state index in [0.717, 1.165) is 51.4 Å². The summed E-state index contributed by atoms with van der Waals surface area (Å²) in [6.07, 6.45) is 10.6. The fourth-order valence-electron chi connectivity index (χ4n) is 8.43. The summed E-state index contributed by atoms with van der Waals surface area (Å²) in [6.45, 7) is 4.33. The number of hydrogen-bond acceptors (Lipinski definition) is 3. The lowest BCUT2D eigenvalue weighted by Gasteiger charge is -2.70. The maximum atomic E-state index is 12.2. The van der Waals surface area contributed by atoms with E-state index >= 15 is 0 Å². The van der Waals surface area contributed by atoms with Crippen molar-refractivity contribution < 1.29 is 19.2 Å². The van der Waals surface area contributed by atoms with Crippen molar-refractivity contribution in [1.82, 2.24) is 0 Å². The topological polar surface area (TPSA) is 74.6 Å². The number of rotatable bonds is 4. The zero-order valence-corrected chi connectivity index (χ0v) is 17.9. The molecule has 1 unspecified atom stereocenters. The van der Waals surface area contributed by atoms with Crippen molar-refractivity contribution in [2.75, 3.05) is 12.0 Å². The first-order chi connectivity index (χ1) is 12.6. The second-order valence-electron chi connectivity index (χ2n) is 10.7. The van der Waals surface area contributed by atoms with Gasteiger partial charge in [-0.1, -0.05) is 13.3 Å². The summed E-state index contributed by atoms with van der Waals surface area (Å²) in [6, 6.07) is 0. The van der Waals surface area contributed by atoms with E-state index in [-0.39, 0.29) is 28.8 Å². The van der Waals surface area contributed by atoms with E-state index in [0.29, 0.717) is 17.6 Å². The number of carbonyl (C=O) groups is 1. The number of aliphatic carboxylic acids is 1. The Labute approximate surface area is 166 Å². The predicted octanol–water partition coefficient (Wildman–Crippen LogP) is 3.84. The quantitative estimate of drug-likeness (QED) is 0.757. The number of fused-ring (bicyclic) bond motifs is 3. The van der Waals surface area contributed by atoms with Gasteiger partial charge in [-0.3, -0.25) is 9.00 Å². The summed E-state index contributed by atoms with van der Waals surface area (Å²) >= 11 is 0. The van der Waals surface area contributed by atoms with Gasteiger partial charge in [-0.25, -0.2) is 0 Å². The highest BCUT2D eigenvalue weighted by atomic mass is 32.2. The lowest BCUT2D eigenvalue weighted by Crippen LogP contribution is -2.66. The average Bonchev–Trinajstić information content (AvgIpc) is 2.61. The summed E-state index contributed by atoms with van der Waals surface area (Å²) in [5.74, 6) is 1.53. The molecule has 0 aromatic heterocycles. The van der Waals surface area contributed by atoms with E-state index in [9.17, 15) is 19.2 Å². The Bertz CT molecular complexity index is 650. The number of aliphatic hydroxyl groups is 1. The Morgan fingerprint density at radius 1 is 1.11 bits per heavy atom. The molecule has 2 bridgehead atoms. The van der Waals surface area contributed by atoms with Crippen molar-refractivity contribution in [2.24, 2.45) is 39.9 Å². The van der Waals surface area contributed by atoms with Crippen molar-refractivity contribution >= 4 is 16.8 Å². The minimum atomic E-state index is -0.803. The normalized spacial score (nSPS) is 52.7. The van der Waals surface area contributed by atoms with Gasteiger partial charge in [0.15, 0.2) is 0 Å². The van der Waals surface area contributed by atoms with Gasteiger partial charge in [-0.2, -0.15) is 0 Å². The van der Waals surface area contributed by atoms with Crippen LogP contribution in [-0.2, 0) is 15.6 Å². The highest BCUT2D eigenvalue weighted by Gasteiger charge is 2.68. The molecule has 27 heavy (non-hydrogen) atoms. The molecule has 5 aliphatic rings. The van der Waals surface area contributed by atoms with Gasteiger partial charge in [0, 0.05) is 22.8 Å². The second-order valence-corrected chi connectivity index (χ2v) is 12.2. The fourth-order valence-corrected chi connectivity index (χ4v) is 9.03. The van der Waals surface area contributed by atoms with Crippen LogP contribution in [0.15, 0.2) is 0 Å². The Kier molecular flexibility index (Phi) is 4.82. The van der Waals surface area contributed by atoms with Crippen molar-refractivity contribution in [1.29, 1.82) is 0 Å². The van der Waals surface area contributed by atoms with E-state index in [1.807, 2.05) is 6.92 Å². The SMILES string of the molecule is CS(=O)CC[C@H]1[C@H]2CC[C@@]3(CC[C@H]4[C@@](C)(CCC[C@@]4(C)C(=O)O)[C@@H]3C2)[C@@H]1O. The lowest BCUT2D eigenvalue weighted by atomic mass is 9.35. The minimum absolute atomic E-state index is 0.0296. The van der Waals surface area contributed by atoms with Crippen LogP contribution in [-0.4, -0.2) is 38.5 Å². The van der Waals surface area contributed by atoms with E-state index in [2.05, 4.69) is 6.92 Å². The molecule has 9 atom stereocenters. The predicted molar refractivity (Wildman–Crippen MR) is 107 cm³/mol. The van der Waals surface area contributed by atoms with Gasteiger partial charge < -0.3 is 10.2 Å². The zero-order valence-electron chi connectivity index (χ0n) is 17.1. The number of aliphatic hydroxyl groups excluding tert-OH is 1. The third-order valence-corrected chi connectivity index (χ3v) is 10.5. The first-order valence-electron chi connectivity index (χ1n) is 10.9. The molecule has 0 aromatic rings. The largest absolute Gasteiger partial charge is 0.481 e.